The summed E-state index contributed by atoms with van der Waals surface area (Å²) in [4.78, 5) is 7.34. The zero-order chi connectivity index (χ0) is 23.7. The number of rotatable bonds is 5. The smallest absolute Gasteiger partial charge is 0.128 e. The van der Waals surface area contributed by atoms with Crippen molar-refractivity contribution in [1.29, 1.82) is 0 Å². The van der Waals surface area contributed by atoms with Crippen molar-refractivity contribution in [3.63, 3.8) is 0 Å². The Bertz CT molecular complexity index is 966. The summed E-state index contributed by atoms with van der Waals surface area (Å²) in [6, 6.07) is 11.1. The minimum atomic E-state index is -0.131. The van der Waals surface area contributed by atoms with Crippen molar-refractivity contribution < 1.29 is 5.11 Å². The zero-order valence-electron chi connectivity index (χ0n) is 20.2. The van der Waals surface area contributed by atoms with Gasteiger partial charge in [-0.25, -0.2) is 0 Å². The van der Waals surface area contributed by atoms with Gasteiger partial charge in [-0.3, -0.25) is 9.89 Å². The van der Waals surface area contributed by atoms with Crippen LogP contribution in [0.4, 0.5) is 0 Å². The molecule has 0 bridgehead atoms. The first-order valence-electron chi connectivity index (χ1n) is 11.4. The maximum absolute atomic E-state index is 11.0. The van der Waals surface area contributed by atoms with Crippen LogP contribution in [0.2, 0.25) is 0 Å². The van der Waals surface area contributed by atoms with Crippen molar-refractivity contribution in [3.8, 4) is 5.75 Å². The molecule has 1 atom stereocenters. The van der Waals surface area contributed by atoms with E-state index in [-0.39, 0.29) is 10.8 Å². The summed E-state index contributed by atoms with van der Waals surface area (Å²) >= 11 is 7.19. The Hall–Kier alpha value is -1.17. The summed E-state index contributed by atoms with van der Waals surface area (Å²) in [6.07, 6.45) is 4.24. The molecule has 2 aromatic rings. The van der Waals surface area contributed by atoms with Crippen molar-refractivity contribution in [1.82, 2.24) is 4.90 Å². The highest BCUT2D eigenvalue weighted by molar-refractivity contribution is 9.11. The SMILES string of the molecule is CC(C)(C)c1cc(/C=N/CC2CCCN2Cc2cc(Br)cc(Br)c2)c(O)c(C(C)(C)C)c1. The summed E-state index contributed by atoms with van der Waals surface area (Å²) in [6.45, 7) is 15.8. The highest BCUT2D eigenvalue weighted by atomic mass is 79.9. The normalized spacial score (nSPS) is 18.1. The quantitative estimate of drug-likeness (QED) is 0.380. The van der Waals surface area contributed by atoms with Crippen LogP contribution in [0.15, 0.2) is 44.3 Å². The molecule has 0 aromatic heterocycles. The number of phenolic OH excluding ortho intramolecular Hbond substituents is 1. The summed E-state index contributed by atoms with van der Waals surface area (Å²) in [7, 11) is 0. The number of hydrogen-bond acceptors (Lipinski definition) is 3. The topological polar surface area (TPSA) is 35.8 Å². The average Bonchev–Trinajstić information content (AvgIpc) is 3.07. The van der Waals surface area contributed by atoms with E-state index < -0.39 is 0 Å². The maximum Gasteiger partial charge on any atom is 0.128 e. The van der Waals surface area contributed by atoms with Gasteiger partial charge in [-0.2, -0.15) is 0 Å². The van der Waals surface area contributed by atoms with Gasteiger partial charge < -0.3 is 5.11 Å². The van der Waals surface area contributed by atoms with Crippen molar-refractivity contribution in [2.24, 2.45) is 4.99 Å². The van der Waals surface area contributed by atoms with Gasteiger partial charge in [-0.1, -0.05) is 79.5 Å². The number of aromatic hydroxyl groups is 1. The molecule has 174 valence electrons. The second-order valence-electron chi connectivity index (χ2n) is 11.0. The Balaban J connectivity index is 1.78. The molecule has 0 saturated carbocycles. The number of likely N-dealkylation sites (tertiary alicyclic amines) is 1. The molecule has 1 aliphatic heterocycles. The van der Waals surface area contributed by atoms with Crippen LogP contribution >= 0.6 is 31.9 Å². The van der Waals surface area contributed by atoms with E-state index in [1.807, 2.05) is 6.21 Å². The average molecular weight is 564 g/mol. The lowest BCUT2D eigenvalue weighted by Crippen LogP contribution is -2.31. The van der Waals surface area contributed by atoms with Crippen LogP contribution in [0.5, 0.6) is 5.75 Å². The molecule has 1 N–H and O–H groups in total. The summed E-state index contributed by atoms with van der Waals surface area (Å²) in [5.41, 5.74) is 4.21. The molecular weight excluding hydrogens is 528 g/mol. The third-order valence-electron chi connectivity index (χ3n) is 6.17. The standard InChI is InChI=1S/C27H36Br2N2O/c1-26(2,3)20-12-19(25(32)24(13-20)27(4,5)6)15-30-16-23-8-7-9-31(23)17-18-10-21(28)14-22(29)11-18/h10-15,23,32H,7-9,16-17H2,1-6H3/b30-15+. The van der Waals surface area contributed by atoms with Crippen molar-refractivity contribution in [2.45, 2.75) is 77.8 Å². The van der Waals surface area contributed by atoms with Gasteiger partial charge in [0.1, 0.15) is 5.75 Å². The van der Waals surface area contributed by atoms with Gasteiger partial charge >= 0.3 is 0 Å². The zero-order valence-corrected chi connectivity index (χ0v) is 23.3. The highest BCUT2D eigenvalue weighted by Gasteiger charge is 2.26. The van der Waals surface area contributed by atoms with Crippen LogP contribution in [-0.4, -0.2) is 35.4 Å². The number of halogens is 2. The van der Waals surface area contributed by atoms with Crippen LogP contribution in [0.3, 0.4) is 0 Å². The molecule has 1 unspecified atom stereocenters. The van der Waals surface area contributed by atoms with Crippen molar-refractivity contribution >= 4 is 38.1 Å². The Kier molecular flexibility index (Phi) is 7.94. The summed E-state index contributed by atoms with van der Waals surface area (Å²) < 4.78 is 2.19. The molecule has 1 saturated heterocycles. The number of phenols is 1. The highest BCUT2D eigenvalue weighted by Crippen LogP contribution is 2.37. The summed E-state index contributed by atoms with van der Waals surface area (Å²) in [5.74, 6) is 0.358. The van der Waals surface area contributed by atoms with Gasteiger partial charge in [0.05, 0.1) is 6.54 Å². The molecular formula is C27H36Br2N2O. The Morgan fingerprint density at radius 2 is 1.66 bits per heavy atom. The van der Waals surface area contributed by atoms with Crippen LogP contribution in [0, 0.1) is 0 Å². The van der Waals surface area contributed by atoms with Gasteiger partial charge in [0.2, 0.25) is 0 Å². The second kappa shape index (κ2) is 9.99. The predicted molar refractivity (Wildman–Crippen MR) is 143 cm³/mol. The van der Waals surface area contributed by atoms with E-state index in [2.05, 4.69) is 109 Å². The molecule has 1 aliphatic rings. The molecule has 0 aliphatic carbocycles. The molecule has 0 spiro atoms. The molecule has 32 heavy (non-hydrogen) atoms. The van der Waals surface area contributed by atoms with Crippen LogP contribution in [0.1, 0.15) is 76.6 Å². The second-order valence-corrected chi connectivity index (χ2v) is 12.8. The lowest BCUT2D eigenvalue weighted by molar-refractivity contribution is 0.251. The predicted octanol–water partition coefficient (Wildman–Crippen LogP) is 7.60. The number of hydrogen-bond donors (Lipinski definition) is 1. The van der Waals surface area contributed by atoms with Gasteiger partial charge in [0.25, 0.3) is 0 Å². The van der Waals surface area contributed by atoms with Crippen LogP contribution in [-0.2, 0) is 17.4 Å². The van der Waals surface area contributed by atoms with E-state index >= 15 is 0 Å². The van der Waals surface area contributed by atoms with Crippen LogP contribution < -0.4 is 0 Å². The van der Waals surface area contributed by atoms with Gasteiger partial charge in [-0.15, -0.1) is 0 Å². The molecule has 1 fully saturated rings. The first kappa shape index (κ1) is 25.5. The molecule has 2 aromatic carbocycles. The Morgan fingerprint density at radius 1 is 1.00 bits per heavy atom. The monoisotopic (exact) mass is 562 g/mol. The first-order chi connectivity index (χ1) is 14.8. The van der Waals surface area contributed by atoms with Crippen molar-refractivity contribution in [3.05, 3.63) is 61.5 Å². The Morgan fingerprint density at radius 3 is 2.25 bits per heavy atom. The van der Waals surface area contributed by atoms with Gasteiger partial charge in [0, 0.05) is 38.9 Å². The largest absolute Gasteiger partial charge is 0.507 e. The fourth-order valence-corrected chi connectivity index (χ4v) is 5.67. The van der Waals surface area contributed by atoms with Gasteiger partial charge in [0.15, 0.2) is 0 Å². The van der Waals surface area contributed by atoms with E-state index in [0.717, 1.165) is 46.1 Å². The van der Waals surface area contributed by atoms with Crippen LogP contribution in [0.25, 0.3) is 0 Å². The lowest BCUT2D eigenvalue weighted by atomic mass is 9.79. The van der Waals surface area contributed by atoms with E-state index in [1.165, 1.54) is 17.5 Å². The van der Waals surface area contributed by atoms with E-state index in [1.54, 1.807) is 0 Å². The maximum atomic E-state index is 11.0. The molecule has 0 amide bonds. The minimum Gasteiger partial charge on any atom is -0.507 e. The molecule has 3 rings (SSSR count). The Labute approximate surface area is 210 Å². The number of nitrogens with zero attached hydrogens (tertiary/aromatic N) is 2. The lowest BCUT2D eigenvalue weighted by Gasteiger charge is -2.27. The number of aliphatic imine (C=N–C) groups is 1. The summed E-state index contributed by atoms with van der Waals surface area (Å²) in [5, 5.41) is 11.0. The molecule has 1 heterocycles. The minimum absolute atomic E-state index is 0.0107. The van der Waals surface area contributed by atoms with Gasteiger partial charge in [-0.05, 0) is 65.6 Å². The molecule has 5 heteroatoms. The molecule has 3 nitrogen and oxygen atoms in total. The van der Waals surface area contributed by atoms with E-state index in [4.69, 9.17) is 4.99 Å². The van der Waals surface area contributed by atoms with E-state index in [0.29, 0.717) is 11.8 Å². The third-order valence-corrected chi connectivity index (χ3v) is 7.08. The molecule has 0 radical (unpaired) electrons. The third kappa shape index (κ3) is 6.45. The first-order valence-corrected chi connectivity index (χ1v) is 13.0. The fourth-order valence-electron chi connectivity index (χ4n) is 4.28. The van der Waals surface area contributed by atoms with E-state index in [9.17, 15) is 5.11 Å². The van der Waals surface area contributed by atoms with Crippen molar-refractivity contribution in [2.75, 3.05) is 13.1 Å². The number of benzene rings is 2. The fraction of sp³-hybridized carbons (Fsp3) is 0.519.